The lowest BCUT2D eigenvalue weighted by molar-refractivity contribution is 0.0904. The summed E-state index contributed by atoms with van der Waals surface area (Å²) in [6.07, 6.45) is 6.41. The van der Waals surface area contributed by atoms with E-state index in [9.17, 15) is 4.79 Å². The molecule has 7 heteroatoms. The first-order chi connectivity index (χ1) is 13.7. The van der Waals surface area contributed by atoms with Crippen LogP contribution in [-0.4, -0.2) is 52.9 Å². The second-order valence-corrected chi connectivity index (χ2v) is 9.33. The lowest BCUT2D eigenvalue weighted by atomic mass is 10.0. The van der Waals surface area contributed by atoms with E-state index in [1.165, 1.54) is 29.7 Å². The lowest BCUT2D eigenvalue weighted by Crippen LogP contribution is -2.47. The van der Waals surface area contributed by atoms with Gasteiger partial charge in [0.15, 0.2) is 0 Å². The van der Waals surface area contributed by atoms with Crippen LogP contribution in [0.1, 0.15) is 45.9 Å². The van der Waals surface area contributed by atoms with Crippen molar-refractivity contribution < 1.29 is 4.79 Å². The number of carbonyl (C=O) groups excluding carboxylic acids is 1. The summed E-state index contributed by atoms with van der Waals surface area (Å²) < 4.78 is 0. The maximum Gasteiger partial charge on any atom is 0.263 e. The number of amides is 1. The molecule has 1 amide bonds. The van der Waals surface area contributed by atoms with Crippen molar-refractivity contribution in [3.8, 4) is 0 Å². The molecule has 3 heterocycles. The number of halogens is 1. The normalized spacial score (nSPS) is 21.1. The quantitative estimate of drug-likeness (QED) is 0.775. The number of carbonyl (C=O) groups is 1. The molecule has 1 aromatic heterocycles. The summed E-state index contributed by atoms with van der Waals surface area (Å²) in [5.41, 5.74) is 1.25. The van der Waals surface area contributed by atoms with E-state index in [4.69, 9.17) is 11.6 Å². The zero-order chi connectivity index (χ0) is 19.3. The summed E-state index contributed by atoms with van der Waals surface area (Å²) in [5.74, 6) is 0.0171. The van der Waals surface area contributed by atoms with Gasteiger partial charge in [0.05, 0.1) is 12.7 Å². The third-order valence-electron chi connectivity index (χ3n) is 5.50. The topological polar surface area (TPSA) is 48.5 Å². The van der Waals surface area contributed by atoms with E-state index >= 15 is 0 Å². The molecule has 2 aliphatic heterocycles. The van der Waals surface area contributed by atoms with Crippen molar-refractivity contribution in [2.75, 3.05) is 26.2 Å². The van der Waals surface area contributed by atoms with E-state index in [-0.39, 0.29) is 11.9 Å². The van der Waals surface area contributed by atoms with Crippen molar-refractivity contribution in [1.29, 1.82) is 0 Å². The average molecular weight is 419 g/mol. The van der Waals surface area contributed by atoms with Crippen LogP contribution in [0.3, 0.4) is 0 Å². The Morgan fingerprint density at radius 1 is 1.11 bits per heavy atom. The van der Waals surface area contributed by atoms with Crippen LogP contribution in [-0.2, 0) is 13.1 Å². The molecule has 0 aliphatic carbocycles. The third-order valence-corrected chi connectivity index (χ3v) is 6.73. The van der Waals surface area contributed by atoms with Gasteiger partial charge in [-0.25, -0.2) is 4.98 Å². The Morgan fingerprint density at radius 2 is 1.86 bits per heavy atom. The van der Waals surface area contributed by atoms with Gasteiger partial charge < -0.3 is 5.32 Å². The molecule has 0 spiro atoms. The van der Waals surface area contributed by atoms with E-state index in [0.717, 1.165) is 67.0 Å². The van der Waals surface area contributed by atoms with Gasteiger partial charge >= 0.3 is 0 Å². The molecule has 5 nitrogen and oxygen atoms in total. The van der Waals surface area contributed by atoms with Crippen molar-refractivity contribution in [1.82, 2.24) is 20.1 Å². The Balaban J connectivity index is 1.29. The number of likely N-dealkylation sites (tertiary alicyclic amines) is 2. The predicted molar refractivity (Wildman–Crippen MR) is 114 cm³/mol. The standard InChI is InChI=1S/C21H27ClN4OS/c22-17-7-5-16(6-8-17)13-26-11-3-4-18(14-26)24-21(27)19-12-23-20(28-19)15-25-9-1-2-10-25/h5-8,12,18H,1-4,9-11,13-15H2,(H,24,27)/t18-/m0/s1. The van der Waals surface area contributed by atoms with Gasteiger partial charge in [-0.05, 0) is 63.0 Å². The van der Waals surface area contributed by atoms with Crippen molar-refractivity contribution >= 4 is 28.8 Å². The molecule has 0 bridgehead atoms. The molecule has 0 radical (unpaired) electrons. The largest absolute Gasteiger partial charge is 0.347 e. The molecule has 2 saturated heterocycles. The zero-order valence-electron chi connectivity index (χ0n) is 16.1. The lowest BCUT2D eigenvalue weighted by Gasteiger charge is -2.33. The number of nitrogens with one attached hydrogen (secondary N) is 1. The zero-order valence-corrected chi connectivity index (χ0v) is 17.6. The number of hydrogen-bond donors (Lipinski definition) is 1. The second kappa shape index (κ2) is 9.35. The smallest absolute Gasteiger partial charge is 0.263 e. The first kappa shape index (κ1) is 19.8. The van der Waals surface area contributed by atoms with Crippen LogP contribution < -0.4 is 5.32 Å². The van der Waals surface area contributed by atoms with Crippen LogP contribution >= 0.6 is 22.9 Å². The third kappa shape index (κ3) is 5.32. The Kier molecular flexibility index (Phi) is 6.62. The van der Waals surface area contributed by atoms with Crippen LogP contribution in [0.4, 0.5) is 0 Å². The molecule has 2 fully saturated rings. The van der Waals surface area contributed by atoms with Crippen LogP contribution in [0.2, 0.25) is 5.02 Å². The fourth-order valence-electron chi connectivity index (χ4n) is 4.04. The van der Waals surface area contributed by atoms with Gasteiger partial charge in [0.2, 0.25) is 0 Å². The van der Waals surface area contributed by atoms with Gasteiger partial charge in [-0.2, -0.15) is 0 Å². The Hall–Kier alpha value is -1.47. The number of thiazole rings is 1. The molecule has 28 heavy (non-hydrogen) atoms. The molecule has 2 aliphatic rings. The molecule has 150 valence electrons. The maximum atomic E-state index is 12.7. The summed E-state index contributed by atoms with van der Waals surface area (Å²) in [7, 11) is 0. The van der Waals surface area contributed by atoms with E-state index in [2.05, 4.69) is 32.2 Å². The van der Waals surface area contributed by atoms with Crippen LogP contribution in [0.25, 0.3) is 0 Å². The predicted octanol–water partition coefficient (Wildman–Crippen LogP) is 3.79. The highest BCUT2D eigenvalue weighted by Crippen LogP contribution is 2.20. The van der Waals surface area contributed by atoms with Gasteiger partial charge in [0.25, 0.3) is 5.91 Å². The van der Waals surface area contributed by atoms with Gasteiger partial charge in [0, 0.05) is 24.2 Å². The summed E-state index contributed by atoms with van der Waals surface area (Å²) in [5, 5.41) is 5.03. The molecule has 0 unspecified atom stereocenters. The number of hydrogen-bond acceptors (Lipinski definition) is 5. The Labute approximate surface area is 175 Å². The van der Waals surface area contributed by atoms with Gasteiger partial charge in [-0.1, -0.05) is 23.7 Å². The molecular weight excluding hydrogens is 392 g/mol. The minimum Gasteiger partial charge on any atom is -0.347 e. The molecule has 2 aromatic rings. The van der Waals surface area contributed by atoms with Crippen LogP contribution in [0, 0.1) is 0 Å². The number of benzene rings is 1. The van der Waals surface area contributed by atoms with Crippen molar-refractivity contribution in [2.45, 2.75) is 44.8 Å². The van der Waals surface area contributed by atoms with Gasteiger partial charge in [-0.15, -0.1) is 11.3 Å². The van der Waals surface area contributed by atoms with Crippen LogP contribution in [0.15, 0.2) is 30.5 Å². The molecule has 1 atom stereocenters. The van der Waals surface area contributed by atoms with Crippen molar-refractivity contribution in [3.05, 3.63) is 50.9 Å². The summed E-state index contributed by atoms with van der Waals surface area (Å²) in [6.45, 7) is 6.00. The maximum absolute atomic E-state index is 12.7. The fraction of sp³-hybridized carbons (Fsp3) is 0.524. The molecular formula is C21H27ClN4OS. The Morgan fingerprint density at radius 3 is 2.64 bits per heavy atom. The van der Waals surface area contributed by atoms with Crippen LogP contribution in [0.5, 0.6) is 0 Å². The number of aromatic nitrogens is 1. The second-order valence-electron chi connectivity index (χ2n) is 7.78. The SMILES string of the molecule is O=C(N[C@H]1CCCN(Cc2ccc(Cl)cc2)C1)c1cnc(CN2CCCC2)s1. The summed E-state index contributed by atoms with van der Waals surface area (Å²) in [4.78, 5) is 22.7. The molecule has 1 aromatic carbocycles. The monoisotopic (exact) mass is 418 g/mol. The van der Waals surface area contributed by atoms with Gasteiger partial charge in [-0.3, -0.25) is 14.6 Å². The highest BCUT2D eigenvalue weighted by molar-refractivity contribution is 7.13. The minimum absolute atomic E-state index is 0.0171. The fourth-order valence-corrected chi connectivity index (χ4v) is 5.03. The summed E-state index contributed by atoms with van der Waals surface area (Å²) in [6, 6.07) is 8.21. The van der Waals surface area contributed by atoms with Crippen molar-refractivity contribution in [3.63, 3.8) is 0 Å². The number of rotatable bonds is 6. The highest BCUT2D eigenvalue weighted by Gasteiger charge is 2.23. The minimum atomic E-state index is 0.0171. The Bertz CT molecular complexity index is 788. The van der Waals surface area contributed by atoms with E-state index in [1.54, 1.807) is 6.20 Å². The van der Waals surface area contributed by atoms with E-state index in [0.29, 0.717) is 0 Å². The van der Waals surface area contributed by atoms with E-state index in [1.807, 2.05) is 12.1 Å². The molecule has 4 rings (SSSR count). The van der Waals surface area contributed by atoms with E-state index < -0.39 is 0 Å². The summed E-state index contributed by atoms with van der Waals surface area (Å²) >= 11 is 7.50. The number of nitrogens with zero attached hydrogens (tertiary/aromatic N) is 3. The molecule has 0 saturated carbocycles. The first-order valence-corrected chi connectivity index (χ1v) is 11.3. The average Bonchev–Trinajstić information content (AvgIpc) is 3.37. The molecule has 1 N–H and O–H groups in total. The van der Waals surface area contributed by atoms with Gasteiger partial charge in [0.1, 0.15) is 9.88 Å². The highest BCUT2D eigenvalue weighted by atomic mass is 35.5. The number of piperidine rings is 1. The van der Waals surface area contributed by atoms with Crippen molar-refractivity contribution in [2.24, 2.45) is 0 Å². The first-order valence-electron chi connectivity index (χ1n) is 10.1.